The summed E-state index contributed by atoms with van der Waals surface area (Å²) in [5, 5.41) is 8.52. The molecule has 0 spiro atoms. The number of rotatable bonds is 2. The zero-order valence-electron chi connectivity index (χ0n) is 8.57. The number of alkyl halides is 3. The molecule has 14 heavy (non-hydrogen) atoms. The maximum absolute atomic E-state index is 12.0. The van der Waals surface area contributed by atoms with Gasteiger partial charge < -0.3 is 5.11 Å². The SMILES string of the molecule is C=C(O)/C=C(\C(=C)C)C(F)(F)F.CC. The highest BCUT2D eigenvalue weighted by molar-refractivity contribution is 5.34. The average molecular weight is 208 g/mol. The van der Waals surface area contributed by atoms with E-state index in [1.807, 2.05) is 13.8 Å². The van der Waals surface area contributed by atoms with Gasteiger partial charge >= 0.3 is 6.18 Å². The standard InChI is InChI=1S/C8H9F3O.C2H6/c1-5(2)7(4-6(3)12)8(9,10)11;1-2/h4,12H,1,3H2,2H3;1-2H3/b7-4+;. The lowest BCUT2D eigenvalue weighted by Gasteiger charge is -2.10. The van der Waals surface area contributed by atoms with Crippen LogP contribution < -0.4 is 0 Å². The van der Waals surface area contributed by atoms with Gasteiger partial charge in [0.05, 0.1) is 5.57 Å². The average Bonchev–Trinajstić information content (AvgIpc) is 2.01. The van der Waals surface area contributed by atoms with E-state index in [9.17, 15) is 13.2 Å². The maximum atomic E-state index is 12.0. The molecule has 0 saturated heterocycles. The third-order valence-electron chi connectivity index (χ3n) is 1.08. The maximum Gasteiger partial charge on any atom is 0.416 e. The van der Waals surface area contributed by atoms with Crippen LogP contribution in [-0.2, 0) is 0 Å². The number of hydrogen-bond acceptors (Lipinski definition) is 1. The van der Waals surface area contributed by atoms with Crippen LogP contribution in [-0.4, -0.2) is 11.3 Å². The van der Waals surface area contributed by atoms with Crippen LogP contribution in [0.2, 0.25) is 0 Å². The topological polar surface area (TPSA) is 20.2 Å². The van der Waals surface area contributed by atoms with Crippen molar-refractivity contribution in [3.8, 4) is 0 Å². The highest BCUT2D eigenvalue weighted by Gasteiger charge is 2.33. The summed E-state index contributed by atoms with van der Waals surface area (Å²) in [4.78, 5) is 0. The van der Waals surface area contributed by atoms with Crippen molar-refractivity contribution in [2.45, 2.75) is 26.9 Å². The van der Waals surface area contributed by atoms with Gasteiger partial charge in [-0.25, -0.2) is 0 Å². The third kappa shape index (κ3) is 6.34. The lowest BCUT2D eigenvalue weighted by Crippen LogP contribution is -2.12. The minimum absolute atomic E-state index is 0.155. The van der Waals surface area contributed by atoms with E-state index in [1.54, 1.807) is 0 Å². The molecule has 0 unspecified atom stereocenters. The van der Waals surface area contributed by atoms with Crippen LogP contribution in [0.1, 0.15) is 20.8 Å². The first-order valence-electron chi connectivity index (χ1n) is 4.08. The Morgan fingerprint density at radius 3 is 1.64 bits per heavy atom. The van der Waals surface area contributed by atoms with Gasteiger partial charge in [0.25, 0.3) is 0 Å². The number of allylic oxidation sites excluding steroid dienone is 3. The van der Waals surface area contributed by atoms with E-state index in [1.165, 1.54) is 6.92 Å². The van der Waals surface area contributed by atoms with E-state index < -0.39 is 17.5 Å². The quantitative estimate of drug-likeness (QED) is 0.534. The number of halogens is 3. The van der Waals surface area contributed by atoms with Gasteiger partial charge in [0, 0.05) is 0 Å². The van der Waals surface area contributed by atoms with Gasteiger partial charge in [-0.05, 0) is 18.6 Å². The number of aliphatic hydroxyl groups excluding tert-OH is 1. The molecule has 0 atom stereocenters. The molecule has 0 bridgehead atoms. The third-order valence-corrected chi connectivity index (χ3v) is 1.08. The van der Waals surface area contributed by atoms with Crippen molar-refractivity contribution in [2.24, 2.45) is 0 Å². The second kappa shape index (κ2) is 6.29. The van der Waals surface area contributed by atoms with Crippen LogP contribution in [0.25, 0.3) is 0 Å². The van der Waals surface area contributed by atoms with Crippen LogP contribution in [0.3, 0.4) is 0 Å². The summed E-state index contributed by atoms with van der Waals surface area (Å²) in [6.45, 7) is 11.3. The van der Waals surface area contributed by atoms with Crippen molar-refractivity contribution in [1.82, 2.24) is 0 Å². The smallest absolute Gasteiger partial charge is 0.416 e. The molecule has 0 saturated carbocycles. The fourth-order valence-electron chi connectivity index (χ4n) is 0.614. The summed E-state index contributed by atoms with van der Waals surface area (Å²) in [5.74, 6) is -0.634. The number of hydrogen-bond donors (Lipinski definition) is 1. The molecule has 0 aliphatic rings. The van der Waals surface area contributed by atoms with Crippen LogP contribution in [0, 0.1) is 0 Å². The summed E-state index contributed by atoms with van der Waals surface area (Å²) in [6, 6.07) is 0. The van der Waals surface area contributed by atoms with Gasteiger partial charge in [-0.1, -0.05) is 27.0 Å². The molecule has 0 aromatic heterocycles. The summed E-state index contributed by atoms with van der Waals surface area (Å²) in [6.07, 6.45) is -3.94. The molecule has 1 nitrogen and oxygen atoms in total. The van der Waals surface area contributed by atoms with Gasteiger partial charge in [0.2, 0.25) is 0 Å². The predicted octanol–water partition coefficient (Wildman–Crippen LogP) is 4.15. The second-order valence-corrected chi connectivity index (χ2v) is 2.33. The zero-order chi connectivity index (χ0) is 11.9. The van der Waals surface area contributed by atoms with E-state index in [2.05, 4.69) is 13.2 Å². The first kappa shape index (κ1) is 15.3. The fraction of sp³-hybridized carbons (Fsp3) is 0.400. The Hall–Kier alpha value is -1.19. The van der Waals surface area contributed by atoms with Crippen LogP contribution in [0.5, 0.6) is 0 Å². The monoisotopic (exact) mass is 208 g/mol. The lowest BCUT2D eigenvalue weighted by atomic mass is 10.1. The molecule has 4 heteroatoms. The Balaban J connectivity index is 0. The Kier molecular flexibility index (Phi) is 6.87. The molecule has 1 N–H and O–H groups in total. The van der Waals surface area contributed by atoms with Gasteiger partial charge in [0.1, 0.15) is 5.76 Å². The molecule has 0 amide bonds. The highest BCUT2D eigenvalue weighted by atomic mass is 19.4. The predicted molar refractivity (Wildman–Crippen MR) is 52.1 cm³/mol. The summed E-state index contributed by atoms with van der Waals surface area (Å²) >= 11 is 0. The van der Waals surface area contributed by atoms with Gasteiger partial charge in [-0.2, -0.15) is 13.2 Å². The lowest BCUT2D eigenvalue weighted by molar-refractivity contribution is -0.0894. The fourth-order valence-corrected chi connectivity index (χ4v) is 0.614. The molecule has 0 rings (SSSR count). The minimum atomic E-state index is -4.49. The molecular weight excluding hydrogens is 193 g/mol. The largest absolute Gasteiger partial charge is 0.509 e. The molecule has 0 aromatic rings. The molecular formula is C10H15F3O. The zero-order valence-corrected chi connectivity index (χ0v) is 8.57. The van der Waals surface area contributed by atoms with E-state index >= 15 is 0 Å². The van der Waals surface area contributed by atoms with Crippen molar-refractivity contribution in [3.63, 3.8) is 0 Å². The molecule has 0 aromatic carbocycles. The van der Waals surface area contributed by atoms with Crippen LogP contribution in [0.4, 0.5) is 13.2 Å². The Bertz CT molecular complexity index is 236. The van der Waals surface area contributed by atoms with Crippen molar-refractivity contribution >= 4 is 0 Å². The Morgan fingerprint density at radius 1 is 1.21 bits per heavy atom. The van der Waals surface area contributed by atoms with Crippen molar-refractivity contribution in [2.75, 3.05) is 0 Å². The van der Waals surface area contributed by atoms with Crippen LogP contribution >= 0.6 is 0 Å². The van der Waals surface area contributed by atoms with Crippen molar-refractivity contribution in [3.05, 3.63) is 36.1 Å². The van der Waals surface area contributed by atoms with E-state index in [0.29, 0.717) is 6.08 Å². The Morgan fingerprint density at radius 2 is 1.57 bits per heavy atom. The minimum Gasteiger partial charge on any atom is -0.509 e. The summed E-state index contributed by atoms with van der Waals surface area (Å²) < 4.78 is 36.1. The second-order valence-electron chi connectivity index (χ2n) is 2.33. The molecule has 0 radical (unpaired) electrons. The first-order chi connectivity index (χ1) is 6.25. The molecule has 0 fully saturated rings. The normalized spacial score (nSPS) is 11.4. The van der Waals surface area contributed by atoms with E-state index in [4.69, 9.17) is 5.11 Å². The van der Waals surface area contributed by atoms with Gasteiger partial charge in [-0.15, -0.1) is 0 Å². The summed E-state index contributed by atoms with van der Waals surface area (Å²) in [5.41, 5.74) is -1.12. The number of aliphatic hydroxyl groups is 1. The van der Waals surface area contributed by atoms with Crippen molar-refractivity contribution in [1.29, 1.82) is 0 Å². The molecule has 82 valence electrons. The Labute approximate surface area is 82.3 Å². The molecule has 0 aliphatic heterocycles. The first-order valence-corrected chi connectivity index (χ1v) is 4.08. The molecule has 0 heterocycles. The highest BCUT2D eigenvalue weighted by Crippen LogP contribution is 2.30. The van der Waals surface area contributed by atoms with Gasteiger partial charge in [-0.3, -0.25) is 0 Å². The van der Waals surface area contributed by atoms with Crippen LogP contribution in [0.15, 0.2) is 36.1 Å². The molecule has 0 aliphatic carbocycles. The van der Waals surface area contributed by atoms with E-state index in [0.717, 1.165) is 0 Å². The van der Waals surface area contributed by atoms with Gasteiger partial charge in [0.15, 0.2) is 0 Å². The van der Waals surface area contributed by atoms with E-state index in [-0.39, 0.29) is 5.57 Å². The van der Waals surface area contributed by atoms with Crippen molar-refractivity contribution < 1.29 is 18.3 Å². The summed E-state index contributed by atoms with van der Waals surface area (Å²) in [7, 11) is 0.